The summed E-state index contributed by atoms with van der Waals surface area (Å²) in [5, 5.41) is 12.4. The van der Waals surface area contributed by atoms with Crippen LogP contribution in [0.25, 0.3) is 0 Å². The van der Waals surface area contributed by atoms with Crippen molar-refractivity contribution < 1.29 is 28.2 Å². The van der Waals surface area contributed by atoms with E-state index in [9.17, 15) is 23.5 Å². The first-order valence-corrected chi connectivity index (χ1v) is 9.71. The van der Waals surface area contributed by atoms with E-state index in [2.05, 4.69) is 10.3 Å². The molecule has 0 fully saturated rings. The number of nitrogens with zero attached hydrogens (tertiary/aromatic N) is 2. The molecule has 1 aromatic carbocycles. The van der Waals surface area contributed by atoms with E-state index in [1.54, 1.807) is 27.7 Å². The number of carboxylic acids is 1. The van der Waals surface area contributed by atoms with Gasteiger partial charge in [-0.2, -0.15) is 0 Å². The number of carboxylic acid groups (broad SMARTS) is 1. The molecule has 2 atom stereocenters. The number of rotatable bonds is 3. The van der Waals surface area contributed by atoms with E-state index >= 15 is 0 Å². The van der Waals surface area contributed by atoms with Gasteiger partial charge in [0.1, 0.15) is 17.1 Å². The van der Waals surface area contributed by atoms with E-state index in [0.29, 0.717) is 18.7 Å². The topological polar surface area (TPSA) is 93.5 Å². The van der Waals surface area contributed by atoms with Crippen LogP contribution >= 0.6 is 0 Å². The molecule has 0 saturated carbocycles. The van der Waals surface area contributed by atoms with E-state index in [1.807, 2.05) is 0 Å². The van der Waals surface area contributed by atoms with Gasteiger partial charge in [0.2, 0.25) is 0 Å². The van der Waals surface area contributed by atoms with Crippen LogP contribution < -0.4 is 5.32 Å². The number of hydrogen-bond acceptors (Lipinski definition) is 4. The molecular formula is C21H25F2N3O4. The Bertz CT molecular complexity index is 981. The fraction of sp³-hybridized carbons (Fsp3) is 0.476. The number of fused-ring (bicyclic) bond motifs is 1. The van der Waals surface area contributed by atoms with E-state index in [1.165, 1.54) is 16.7 Å². The van der Waals surface area contributed by atoms with Gasteiger partial charge >= 0.3 is 12.1 Å². The fourth-order valence-corrected chi connectivity index (χ4v) is 3.80. The molecule has 0 aliphatic carbocycles. The molecule has 1 aliphatic heterocycles. The Balaban J connectivity index is 2.01. The van der Waals surface area contributed by atoms with Gasteiger partial charge < -0.3 is 19.7 Å². The zero-order valence-electron chi connectivity index (χ0n) is 17.3. The molecule has 1 amide bonds. The lowest BCUT2D eigenvalue weighted by atomic mass is 9.92. The summed E-state index contributed by atoms with van der Waals surface area (Å²) in [6, 6.07) is 3.33. The Kier molecular flexibility index (Phi) is 5.83. The molecule has 1 aromatic heterocycles. The van der Waals surface area contributed by atoms with Crippen molar-refractivity contribution in [3.63, 3.8) is 0 Å². The molecule has 0 spiro atoms. The average molecular weight is 421 g/mol. The number of hydrogen-bond donors (Lipinski definition) is 2. The number of nitrogens with one attached hydrogen (secondary N) is 1. The van der Waals surface area contributed by atoms with E-state index in [0.717, 1.165) is 6.07 Å². The van der Waals surface area contributed by atoms with Gasteiger partial charge in [-0.3, -0.25) is 0 Å². The minimum atomic E-state index is -1.18. The number of carbonyl (C=O) groups excluding carboxylic acids is 1. The lowest BCUT2D eigenvalue weighted by Gasteiger charge is -2.23. The SMILES string of the molecule is Cc1nc2n(c1C(=O)O)C[C@H](c1cccc(F)c1F)CC[C@H]2NC(=O)OC(C)(C)C. The van der Waals surface area contributed by atoms with Crippen LogP contribution in [-0.4, -0.2) is 32.3 Å². The second kappa shape index (κ2) is 8.04. The van der Waals surface area contributed by atoms with Crippen LogP contribution in [0.5, 0.6) is 0 Å². The number of alkyl carbamates (subject to hydrolysis) is 1. The van der Waals surface area contributed by atoms with Crippen LogP contribution in [0.15, 0.2) is 18.2 Å². The first kappa shape index (κ1) is 21.7. The first-order chi connectivity index (χ1) is 14.0. The maximum Gasteiger partial charge on any atom is 0.408 e. The molecule has 162 valence electrons. The smallest absolute Gasteiger partial charge is 0.408 e. The Labute approximate surface area is 173 Å². The maximum absolute atomic E-state index is 14.4. The van der Waals surface area contributed by atoms with Gasteiger partial charge in [-0.05, 0) is 52.2 Å². The Morgan fingerprint density at radius 1 is 1.27 bits per heavy atom. The highest BCUT2D eigenvalue weighted by atomic mass is 19.2. The van der Waals surface area contributed by atoms with Crippen molar-refractivity contribution in [3.8, 4) is 0 Å². The lowest BCUT2D eigenvalue weighted by molar-refractivity contribution is 0.0498. The quantitative estimate of drug-likeness (QED) is 0.770. The number of benzene rings is 1. The van der Waals surface area contributed by atoms with Crippen molar-refractivity contribution in [1.29, 1.82) is 0 Å². The third-order valence-electron chi connectivity index (χ3n) is 5.00. The summed E-state index contributed by atoms with van der Waals surface area (Å²) in [4.78, 5) is 28.5. The van der Waals surface area contributed by atoms with Gasteiger partial charge in [0.15, 0.2) is 11.6 Å². The third kappa shape index (κ3) is 4.44. The second-order valence-electron chi connectivity index (χ2n) is 8.44. The largest absolute Gasteiger partial charge is 0.477 e. The minimum Gasteiger partial charge on any atom is -0.477 e. The number of aryl methyl sites for hydroxylation is 1. The standard InChI is InChI=1S/C21H25F2N3O4/c1-11-17(19(27)28)26-10-12(13-6-5-7-14(22)16(13)23)8-9-15(18(26)24-11)25-20(29)30-21(2,3)4/h5-7,12,15H,8-10H2,1-4H3,(H,25,29)(H,27,28)/t12-,15-/m1/s1. The van der Waals surface area contributed by atoms with Gasteiger partial charge in [0, 0.05) is 12.5 Å². The molecule has 2 aromatic rings. The summed E-state index contributed by atoms with van der Waals surface area (Å²) in [7, 11) is 0. The molecular weight excluding hydrogens is 396 g/mol. The predicted molar refractivity (Wildman–Crippen MR) is 104 cm³/mol. The van der Waals surface area contributed by atoms with Crippen LogP contribution in [0.4, 0.5) is 13.6 Å². The molecule has 7 nitrogen and oxygen atoms in total. The van der Waals surface area contributed by atoms with Crippen LogP contribution in [0.2, 0.25) is 0 Å². The molecule has 3 rings (SSSR count). The maximum atomic E-state index is 14.4. The second-order valence-corrected chi connectivity index (χ2v) is 8.44. The summed E-state index contributed by atoms with van der Waals surface area (Å²) in [5.74, 6) is -3.22. The van der Waals surface area contributed by atoms with Crippen molar-refractivity contribution in [1.82, 2.24) is 14.9 Å². The minimum absolute atomic E-state index is 0.0373. The van der Waals surface area contributed by atoms with E-state index in [4.69, 9.17) is 4.74 Å². The fourth-order valence-electron chi connectivity index (χ4n) is 3.80. The number of aromatic carboxylic acids is 1. The molecule has 2 heterocycles. The van der Waals surface area contributed by atoms with Crippen molar-refractivity contribution in [3.05, 3.63) is 52.6 Å². The van der Waals surface area contributed by atoms with Crippen molar-refractivity contribution in [2.45, 2.75) is 64.6 Å². The number of halogens is 2. The molecule has 2 N–H and O–H groups in total. The number of ether oxygens (including phenoxy) is 1. The summed E-state index contributed by atoms with van der Waals surface area (Å²) >= 11 is 0. The van der Waals surface area contributed by atoms with Gasteiger partial charge in [0.05, 0.1) is 11.7 Å². The van der Waals surface area contributed by atoms with Crippen LogP contribution in [0.3, 0.4) is 0 Å². The molecule has 0 unspecified atom stereocenters. The van der Waals surface area contributed by atoms with E-state index in [-0.39, 0.29) is 23.5 Å². The molecule has 9 heteroatoms. The lowest BCUT2D eigenvalue weighted by Crippen LogP contribution is -2.35. The summed E-state index contributed by atoms with van der Waals surface area (Å²) < 4.78 is 35.0. The monoisotopic (exact) mass is 421 g/mol. The van der Waals surface area contributed by atoms with Crippen LogP contribution in [0.1, 0.15) is 73.1 Å². The predicted octanol–water partition coefficient (Wildman–Crippen LogP) is 4.31. The number of imidazole rings is 1. The molecule has 0 saturated heterocycles. The van der Waals surface area contributed by atoms with Gasteiger partial charge in [-0.1, -0.05) is 12.1 Å². The Morgan fingerprint density at radius 2 is 1.97 bits per heavy atom. The van der Waals surface area contributed by atoms with Gasteiger partial charge in [-0.15, -0.1) is 0 Å². The van der Waals surface area contributed by atoms with Crippen molar-refractivity contribution in [2.75, 3.05) is 0 Å². The summed E-state index contributed by atoms with van der Waals surface area (Å²) in [6.45, 7) is 6.86. The molecule has 1 aliphatic rings. The first-order valence-electron chi connectivity index (χ1n) is 9.71. The zero-order valence-corrected chi connectivity index (χ0v) is 17.3. The number of aromatic nitrogens is 2. The Morgan fingerprint density at radius 3 is 2.60 bits per heavy atom. The van der Waals surface area contributed by atoms with Gasteiger partial charge in [-0.25, -0.2) is 23.4 Å². The summed E-state index contributed by atoms with van der Waals surface area (Å²) in [6.07, 6.45) is 0.0875. The molecule has 0 bridgehead atoms. The van der Waals surface area contributed by atoms with Crippen LogP contribution in [0, 0.1) is 18.6 Å². The van der Waals surface area contributed by atoms with Crippen molar-refractivity contribution in [2.24, 2.45) is 0 Å². The van der Waals surface area contributed by atoms with E-state index < -0.39 is 41.3 Å². The normalized spacial score (nSPS) is 19.0. The highest BCUT2D eigenvalue weighted by Crippen LogP contribution is 2.36. The third-order valence-corrected chi connectivity index (χ3v) is 5.00. The molecule has 0 radical (unpaired) electrons. The average Bonchev–Trinajstić information content (AvgIpc) is 2.85. The zero-order chi connectivity index (χ0) is 22.2. The number of carbonyl (C=O) groups is 2. The van der Waals surface area contributed by atoms with Crippen LogP contribution in [-0.2, 0) is 11.3 Å². The van der Waals surface area contributed by atoms with Crippen molar-refractivity contribution >= 4 is 12.1 Å². The highest BCUT2D eigenvalue weighted by molar-refractivity contribution is 5.87. The summed E-state index contributed by atoms with van der Waals surface area (Å²) in [5.41, 5.74) is -0.292. The van der Waals surface area contributed by atoms with Gasteiger partial charge in [0.25, 0.3) is 0 Å². The highest BCUT2D eigenvalue weighted by Gasteiger charge is 2.33. The molecule has 30 heavy (non-hydrogen) atoms. The number of amides is 1. The Hall–Kier alpha value is -2.97.